The van der Waals surface area contributed by atoms with E-state index < -0.39 is 22.6 Å². The van der Waals surface area contributed by atoms with Crippen LogP contribution in [-0.4, -0.2) is 22.2 Å². The van der Waals surface area contributed by atoms with Crippen LogP contribution < -0.4 is 5.32 Å². The van der Waals surface area contributed by atoms with Crippen LogP contribution in [0.5, 0.6) is 0 Å². The predicted octanol–water partition coefficient (Wildman–Crippen LogP) is 4.21. The van der Waals surface area contributed by atoms with E-state index in [4.69, 9.17) is 0 Å². The highest BCUT2D eigenvalue weighted by Gasteiger charge is 2.30. The zero-order valence-corrected chi connectivity index (χ0v) is 15.2. The quantitative estimate of drug-likeness (QED) is 0.347. The Morgan fingerprint density at radius 1 is 1.10 bits per heavy atom. The van der Waals surface area contributed by atoms with Crippen LogP contribution in [0.4, 0.5) is 18.9 Å². The molecule has 0 atom stereocenters. The van der Waals surface area contributed by atoms with E-state index in [2.05, 4.69) is 15.5 Å². The van der Waals surface area contributed by atoms with Gasteiger partial charge in [-0.2, -0.15) is 18.3 Å². The molecule has 1 saturated heterocycles. The molecule has 1 N–H and O–H groups in total. The molecule has 0 bridgehead atoms. The lowest BCUT2D eigenvalue weighted by atomic mass is 10.1. The third-order valence-electron chi connectivity index (χ3n) is 3.62. The molecule has 1 heterocycles. The highest BCUT2D eigenvalue weighted by Crippen LogP contribution is 2.30. The number of rotatable bonds is 4. The van der Waals surface area contributed by atoms with Crippen LogP contribution in [0.25, 0.3) is 6.08 Å². The first-order valence-corrected chi connectivity index (χ1v) is 8.78. The van der Waals surface area contributed by atoms with Crippen LogP contribution in [0.1, 0.15) is 16.7 Å². The molecule has 1 amide bonds. The molecule has 3 rings (SSSR count). The highest BCUT2D eigenvalue weighted by molar-refractivity contribution is 8.18. The van der Waals surface area contributed by atoms with Crippen LogP contribution in [-0.2, 0) is 11.0 Å². The van der Waals surface area contributed by atoms with Gasteiger partial charge in [-0.1, -0.05) is 24.3 Å². The number of halogens is 3. The van der Waals surface area contributed by atoms with Crippen molar-refractivity contribution in [1.82, 2.24) is 5.32 Å². The van der Waals surface area contributed by atoms with E-state index in [0.717, 1.165) is 23.9 Å². The summed E-state index contributed by atoms with van der Waals surface area (Å²) in [5, 5.41) is 21.0. The number of non-ortho nitro benzene ring substituents is 1. The maximum atomic E-state index is 12.6. The molecule has 0 radical (unpaired) electrons. The fraction of sp³-hybridized carbons (Fsp3) is 0.0556. The number of amides is 1. The summed E-state index contributed by atoms with van der Waals surface area (Å²) in [5.41, 5.74) is 0.0169. The zero-order chi connectivity index (χ0) is 21.0. The topological polar surface area (TPSA) is 97.0 Å². The number of nitro benzene ring substituents is 1. The summed E-state index contributed by atoms with van der Waals surface area (Å²) in [5.74, 6) is -0.459. The van der Waals surface area contributed by atoms with Crippen molar-refractivity contribution < 1.29 is 22.9 Å². The summed E-state index contributed by atoms with van der Waals surface area (Å²) in [7, 11) is 0. The maximum absolute atomic E-state index is 12.6. The first-order chi connectivity index (χ1) is 13.7. The SMILES string of the molecule is O=C1N/C(=N\N=C\c2cccc([N+](=O)[O-])c2)S/C1=C/c1ccc(C(F)(F)F)cc1. The number of carbonyl (C=O) groups is 1. The zero-order valence-electron chi connectivity index (χ0n) is 14.4. The van der Waals surface area contributed by atoms with Crippen molar-refractivity contribution in [3.8, 4) is 0 Å². The number of hydrogen-bond acceptors (Lipinski definition) is 6. The molecule has 1 fully saturated rings. The first kappa shape index (κ1) is 20.3. The minimum atomic E-state index is -4.43. The van der Waals surface area contributed by atoms with Crippen LogP contribution >= 0.6 is 11.8 Å². The van der Waals surface area contributed by atoms with Crippen LogP contribution in [0, 0.1) is 10.1 Å². The van der Waals surface area contributed by atoms with Gasteiger partial charge in [0.15, 0.2) is 5.17 Å². The number of benzene rings is 2. The van der Waals surface area contributed by atoms with E-state index in [1.165, 1.54) is 42.6 Å². The van der Waals surface area contributed by atoms with Crippen molar-refractivity contribution >= 4 is 40.8 Å². The largest absolute Gasteiger partial charge is 0.416 e. The van der Waals surface area contributed by atoms with Gasteiger partial charge < -0.3 is 0 Å². The normalized spacial score (nSPS) is 17.3. The minimum absolute atomic E-state index is 0.0908. The van der Waals surface area contributed by atoms with Gasteiger partial charge in [0.2, 0.25) is 0 Å². The van der Waals surface area contributed by atoms with Crippen molar-refractivity contribution in [2.24, 2.45) is 10.2 Å². The summed E-state index contributed by atoms with van der Waals surface area (Å²) >= 11 is 0.973. The van der Waals surface area contributed by atoms with Gasteiger partial charge in [0.1, 0.15) is 0 Å². The Bertz CT molecular complexity index is 1050. The van der Waals surface area contributed by atoms with Gasteiger partial charge in [0.25, 0.3) is 11.6 Å². The van der Waals surface area contributed by atoms with Crippen molar-refractivity contribution in [2.75, 3.05) is 0 Å². The smallest absolute Gasteiger partial charge is 0.299 e. The summed E-state index contributed by atoms with van der Waals surface area (Å²) in [6.07, 6.45) is -1.70. The Hall–Kier alpha value is -3.47. The number of nitro groups is 1. The highest BCUT2D eigenvalue weighted by atomic mass is 32.2. The Morgan fingerprint density at radius 2 is 1.83 bits per heavy atom. The van der Waals surface area contributed by atoms with Crippen LogP contribution in [0.15, 0.2) is 63.6 Å². The second-order valence-electron chi connectivity index (χ2n) is 5.69. The second-order valence-corrected chi connectivity index (χ2v) is 6.72. The monoisotopic (exact) mass is 420 g/mol. The Morgan fingerprint density at radius 3 is 2.48 bits per heavy atom. The average molecular weight is 420 g/mol. The molecule has 2 aromatic rings. The lowest BCUT2D eigenvalue weighted by Crippen LogP contribution is -2.19. The van der Waals surface area contributed by atoms with E-state index in [9.17, 15) is 28.1 Å². The molecular formula is C18H11F3N4O3S. The number of thioether (sulfide) groups is 1. The van der Waals surface area contributed by atoms with Crippen molar-refractivity contribution in [2.45, 2.75) is 6.18 Å². The summed E-state index contributed by atoms with van der Waals surface area (Å²) in [6, 6.07) is 10.2. The molecule has 0 saturated carbocycles. The van der Waals surface area contributed by atoms with E-state index in [0.29, 0.717) is 11.1 Å². The van der Waals surface area contributed by atoms with Gasteiger partial charge in [-0.25, -0.2) is 0 Å². The summed E-state index contributed by atoms with van der Waals surface area (Å²) in [6.45, 7) is 0. The van der Waals surface area contributed by atoms with Gasteiger partial charge in [-0.05, 0) is 35.5 Å². The fourth-order valence-corrected chi connectivity index (χ4v) is 3.04. The molecule has 0 spiro atoms. The van der Waals surface area contributed by atoms with Gasteiger partial charge in [0.05, 0.1) is 21.6 Å². The molecule has 11 heteroatoms. The third kappa shape index (κ3) is 5.29. The molecule has 148 valence electrons. The molecule has 0 aliphatic carbocycles. The van der Waals surface area contributed by atoms with Crippen LogP contribution in [0.3, 0.4) is 0 Å². The lowest BCUT2D eigenvalue weighted by Gasteiger charge is -2.06. The number of hydrogen-bond donors (Lipinski definition) is 1. The molecule has 0 unspecified atom stereocenters. The number of alkyl halides is 3. The predicted molar refractivity (Wildman–Crippen MR) is 103 cm³/mol. The Labute approximate surface area is 166 Å². The Balaban J connectivity index is 1.70. The number of nitrogens with zero attached hydrogens (tertiary/aromatic N) is 3. The van der Waals surface area contributed by atoms with Crippen molar-refractivity contribution in [3.63, 3.8) is 0 Å². The number of amidine groups is 1. The van der Waals surface area contributed by atoms with Gasteiger partial charge in [-0.15, -0.1) is 5.10 Å². The van der Waals surface area contributed by atoms with Crippen molar-refractivity contribution in [1.29, 1.82) is 0 Å². The van der Waals surface area contributed by atoms with Gasteiger partial charge >= 0.3 is 6.18 Å². The molecule has 29 heavy (non-hydrogen) atoms. The minimum Gasteiger partial charge on any atom is -0.299 e. The molecule has 0 aromatic heterocycles. The fourth-order valence-electron chi connectivity index (χ4n) is 2.26. The molecular weight excluding hydrogens is 409 g/mol. The molecule has 7 nitrogen and oxygen atoms in total. The van der Waals surface area contributed by atoms with E-state index in [-0.39, 0.29) is 15.8 Å². The van der Waals surface area contributed by atoms with Gasteiger partial charge in [0, 0.05) is 17.7 Å². The standard InChI is InChI=1S/C18H11F3N4O3S/c19-18(20,21)13-6-4-11(5-7-13)9-15-16(26)23-17(29-15)24-22-10-12-2-1-3-14(8-12)25(27)28/h1-10H,(H,23,24,26)/b15-9+,22-10+. The average Bonchev–Trinajstić information content (AvgIpc) is 3.01. The molecule has 1 aliphatic heterocycles. The third-order valence-corrected chi connectivity index (χ3v) is 4.52. The van der Waals surface area contributed by atoms with E-state index in [1.807, 2.05) is 0 Å². The number of carbonyl (C=O) groups excluding carboxylic acids is 1. The summed E-state index contributed by atoms with van der Waals surface area (Å²) < 4.78 is 37.8. The Kier molecular flexibility index (Phi) is 5.78. The number of nitrogens with one attached hydrogen (secondary N) is 1. The summed E-state index contributed by atoms with van der Waals surface area (Å²) in [4.78, 5) is 22.4. The molecule has 1 aliphatic rings. The van der Waals surface area contributed by atoms with E-state index >= 15 is 0 Å². The van der Waals surface area contributed by atoms with Crippen molar-refractivity contribution in [3.05, 3.63) is 80.2 Å². The molecule has 2 aromatic carbocycles. The van der Waals surface area contributed by atoms with E-state index in [1.54, 1.807) is 6.07 Å². The van der Waals surface area contributed by atoms with Gasteiger partial charge in [-0.3, -0.25) is 20.2 Å². The van der Waals surface area contributed by atoms with Crippen LogP contribution in [0.2, 0.25) is 0 Å². The first-order valence-electron chi connectivity index (χ1n) is 7.96. The second kappa shape index (κ2) is 8.27. The maximum Gasteiger partial charge on any atom is 0.416 e. The lowest BCUT2D eigenvalue weighted by molar-refractivity contribution is -0.384.